The summed E-state index contributed by atoms with van der Waals surface area (Å²) in [7, 11) is 0. The van der Waals surface area contributed by atoms with Gasteiger partial charge < -0.3 is 20.0 Å². The summed E-state index contributed by atoms with van der Waals surface area (Å²) in [5.74, 6) is -0.989. The summed E-state index contributed by atoms with van der Waals surface area (Å²) in [4.78, 5) is 37.8. The Labute approximate surface area is 168 Å². The lowest BCUT2D eigenvalue weighted by Crippen LogP contribution is -2.46. The number of rotatable bonds is 7. The van der Waals surface area contributed by atoms with Crippen molar-refractivity contribution in [3.8, 4) is 0 Å². The minimum absolute atomic E-state index is 0.00937. The standard InChI is InChI=1S/C21H24FN3O4/c22-17-6-2-1-5-16(17)21(28)25-12-9-15(10-13-25)24-19(26)8-3-11-23-20(27)18-7-4-14-29-18/h1-2,4-7,14-15H,3,8-13H2,(H,23,27)(H,24,26). The molecule has 0 saturated carbocycles. The average Bonchev–Trinajstić information content (AvgIpc) is 3.26. The van der Waals surface area contributed by atoms with Crippen molar-refractivity contribution in [3.63, 3.8) is 0 Å². The monoisotopic (exact) mass is 401 g/mol. The summed E-state index contributed by atoms with van der Waals surface area (Å²) in [5, 5.41) is 5.66. The summed E-state index contributed by atoms with van der Waals surface area (Å²) in [5.41, 5.74) is 0.0755. The van der Waals surface area contributed by atoms with Gasteiger partial charge in [-0.15, -0.1) is 0 Å². The molecule has 2 N–H and O–H groups in total. The molecule has 0 atom stereocenters. The Morgan fingerprint density at radius 2 is 1.86 bits per heavy atom. The van der Waals surface area contributed by atoms with E-state index >= 15 is 0 Å². The second-order valence-electron chi connectivity index (χ2n) is 6.95. The third kappa shape index (κ3) is 5.66. The molecule has 3 amide bonds. The molecule has 0 aliphatic carbocycles. The van der Waals surface area contributed by atoms with Gasteiger partial charge in [-0.3, -0.25) is 14.4 Å². The van der Waals surface area contributed by atoms with Crippen LogP contribution in [0.15, 0.2) is 47.1 Å². The molecule has 0 spiro atoms. The largest absolute Gasteiger partial charge is 0.459 e. The maximum atomic E-state index is 13.8. The Bertz CT molecular complexity index is 845. The van der Waals surface area contributed by atoms with Crippen LogP contribution in [-0.2, 0) is 4.79 Å². The number of hydrogen-bond donors (Lipinski definition) is 2. The Kier molecular flexibility index (Phi) is 6.99. The van der Waals surface area contributed by atoms with Crippen LogP contribution in [0.3, 0.4) is 0 Å². The smallest absolute Gasteiger partial charge is 0.286 e. The zero-order valence-corrected chi connectivity index (χ0v) is 16.0. The van der Waals surface area contributed by atoms with Crippen molar-refractivity contribution in [1.82, 2.24) is 15.5 Å². The minimum Gasteiger partial charge on any atom is -0.459 e. The van der Waals surface area contributed by atoms with Crippen LogP contribution in [0.5, 0.6) is 0 Å². The zero-order valence-electron chi connectivity index (χ0n) is 16.0. The summed E-state index contributed by atoms with van der Waals surface area (Å²) in [6, 6.07) is 9.15. The number of nitrogens with one attached hydrogen (secondary N) is 2. The van der Waals surface area contributed by atoms with Crippen LogP contribution < -0.4 is 10.6 Å². The first-order valence-electron chi connectivity index (χ1n) is 9.69. The van der Waals surface area contributed by atoms with Crippen LogP contribution in [0.1, 0.15) is 46.6 Å². The highest BCUT2D eigenvalue weighted by molar-refractivity contribution is 5.94. The SMILES string of the molecule is O=C(CCCNC(=O)c1ccco1)NC1CCN(C(=O)c2ccccc2F)CC1. The number of piperidine rings is 1. The normalized spacial score (nSPS) is 14.4. The fourth-order valence-electron chi connectivity index (χ4n) is 3.28. The predicted molar refractivity (Wildman–Crippen MR) is 104 cm³/mol. The number of amides is 3. The Balaban J connectivity index is 1.34. The van der Waals surface area contributed by atoms with Crippen LogP contribution in [0.25, 0.3) is 0 Å². The molecule has 1 aromatic carbocycles. The molecule has 8 heteroatoms. The van der Waals surface area contributed by atoms with Crippen LogP contribution in [0, 0.1) is 5.82 Å². The first kappa shape index (κ1) is 20.6. The van der Waals surface area contributed by atoms with Gasteiger partial charge in [0.25, 0.3) is 11.8 Å². The van der Waals surface area contributed by atoms with Crippen molar-refractivity contribution < 1.29 is 23.2 Å². The molecule has 0 unspecified atom stereocenters. The van der Waals surface area contributed by atoms with Crippen molar-refractivity contribution in [2.24, 2.45) is 0 Å². The Hall–Kier alpha value is -3.16. The number of benzene rings is 1. The molecule has 0 bridgehead atoms. The van der Waals surface area contributed by atoms with E-state index in [4.69, 9.17) is 4.42 Å². The van der Waals surface area contributed by atoms with Crippen molar-refractivity contribution in [2.75, 3.05) is 19.6 Å². The zero-order chi connectivity index (χ0) is 20.6. The highest BCUT2D eigenvalue weighted by atomic mass is 19.1. The number of halogens is 1. The van der Waals surface area contributed by atoms with Crippen LogP contribution in [0.2, 0.25) is 0 Å². The lowest BCUT2D eigenvalue weighted by atomic mass is 10.0. The Morgan fingerprint density at radius 1 is 1.10 bits per heavy atom. The molecule has 2 heterocycles. The first-order valence-corrected chi connectivity index (χ1v) is 9.69. The quantitative estimate of drug-likeness (QED) is 0.697. The van der Waals surface area contributed by atoms with Crippen LogP contribution in [-0.4, -0.2) is 48.3 Å². The number of furan rings is 1. The van der Waals surface area contributed by atoms with E-state index in [9.17, 15) is 18.8 Å². The van der Waals surface area contributed by atoms with Gasteiger partial charge in [0.15, 0.2) is 5.76 Å². The molecule has 154 valence electrons. The van der Waals surface area contributed by atoms with E-state index in [-0.39, 0.29) is 35.1 Å². The van der Waals surface area contributed by atoms with Gasteiger partial charge in [0.05, 0.1) is 11.8 Å². The molecule has 0 radical (unpaired) electrons. The summed E-state index contributed by atoms with van der Waals surface area (Å²) < 4.78 is 18.8. The highest BCUT2D eigenvalue weighted by Crippen LogP contribution is 2.16. The molecule has 1 saturated heterocycles. The number of carbonyl (C=O) groups is 3. The molecule has 29 heavy (non-hydrogen) atoms. The molecule has 2 aromatic rings. The van der Waals surface area contributed by atoms with Gasteiger partial charge in [-0.05, 0) is 43.5 Å². The maximum Gasteiger partial charge on any atom is 0.286 e. The maximum absolute atomic E-state index is 13.8. The number of carbonyl (C=O) groups excluding carboxylic acids is 3. The van der Waals surface area contributed by atoms with Gasteiger partial charge in [0.2, 0.25) is 5.91 Å². The summed E-state index contributed by atoms with van der Waals surface area (Å²) >= 11 is 0. The van der Waals surface area contributed by atoms with Gasteiger partial charge in [-0.1, -0.05) is 12.1 Å². The van der Waals surface area contributed by atoms with Crippen molar-refractivity contribution in [3.05, 3.63) is 59.8 Å². The lowest BCUT2D eigenvalue weighted by molar-refractivity contribution is -0.122. The third-order valence-corrected chi connectivity index (χ3v) is 4.86. The molecule has 1 aliphatic rings. The second kappa shape index (κ2) is 9.86. The molecule has 7 nitrogen and oxygen atoms in total. The molecule has 3 rings (SSSR count). The van der Waals surface area contributed by atoms with E-state index in [0.29, 0.717) is 45.3 Å². The van der Waals surface area contributed by atoms with Gasteiger partial charge >= 0.3 is 0 Å². The second-order valence-corrected chi connectivity index (χ2v) is 6.95. The van der Waals surface area contributed by atoms with E-state index < -0.39 is 5.82 Å². The fourth-order valence-corrected chi connectivity index (χ4v) is 3.28. The minimum atomic E-state index is -0.521. The average molecular weight is 401 g/mol. The van der Waals surface area contributed by atoms with E-state index in [0.717, 1.165) is 0 Å². The number of nitrogens with zero attached hydrogens (tertiary/aromatic N) is 1. The highest BCUT2D eigenvalue weighted by Gasteiger charge is 2.25. The fraction of sp³-hybridized carbons (Fsp3) is 0.381. The third-order valence-electron chi connectivity index (χ3n) is 4.86. The van der Waals surface area contributed by atoms with Crippen LogP contribution in [0.4, 0.5) is 4.39 Å². The van der Waals surface area contributed by atoms with Crippen molar-refractivity contribution >= 4 is 17.7 Å². The topological polar surface area (TPSA) is 91.7 Å². The van der Waals surface area contributed by atoms with Gasteiger partial charge in [0, 0.05) is 32.1 Å². The van der Waals surface area contributed by atoms with E-state index in [1.54, 1.807) is 29.2 Å². The van der Waals surface area contributed by atoms with E-state index in [2.05, 4.69) is 10.6 Å². The van der Waals surface area contributed by atoms with E-state index in [1.807, 2.05) is 0 Å². The molecule has 1 fully saturated rings. The Morgan fingerprint density at radius 3 is 2.55 bits per heavy atom. The first-order chi connectivity index (χ1) is 14.0. The van der Waals surface area contributed by atoms with Crippen molar-refractivity contribution in [2.45, 2.75) is 31.7 Å². The lowest BCUT2D eigenvalue weighted by Gasteiger charge is -2.32. The van der Waals surface area contributed by atoms with Gasteiger partial charge in [-0.25, -0.2) is 4.39 Å². The predicted octanol–water partition coefficient (Wildman–Crippen LogP) is 2.35. The molecule has 1 aliphatic heterocycles. The van der Waals surface area contributed by atoms with Crippen LogP contribution >= 0.6 is 0 Å². The summed E-state index contributed by atoms with van der Waals surface area (Å²) in [6.07, 6.45) is 3.50. The summed E-state index contributed by atoms with van der Waals surface area (Å²) in [6.45, 7) is 1.32. The number of likely N-dealkylation sites (tertiary alicyclic amines) is 1. The molecular weight excluding hydrogens is 377 g/mol. The molecular formula is C21H24FN3O4. The van der Waals surface area contributed by atoms with E-state index in [1.165, 1.54) is 18.4 Å². The van der Waals surface area contributed by atoms with Gasteiger partial charge in [0.1, 0.15) is 5.82 Å². The number of hydrogen-bond acceptors (Lipinski definition) is 4. The molecule has 1 aromatic heterocycles. The van der Waals surface area contributed by atoms with Gasteiger partial charge in [-0.2, -0.15) is 0 Å². The van der Waals surface area contributed by atoms with Crippen molar-refractivity contribution in [1.29, 1.82) is 0 Å².